The monoisotopic (exact) mass is 348 g/mol. The second kappa shape index (κ2) is 6.41. The number of rotatable bonds is 4. The highest BCUT2D eigenvalue weighted by Crippen LogP contribution is 2.30. The number of benzene rings is 2. The van der Waals surface area contributed by atoms with Crippen molar-refractivity contribution in [3.8, 4) is 6.07 Å². The predicted octanol–water partition coefficient (Wildman–Crippen LogP) is 3.39. The van der Waals surface area contributed by atoms with Crippen LogP contribution in [0.1, 0.15) is 21.5 Å². The van der Waals surface area contributed by atoms with Gasteiger partial charge >= 0.3 is 0 Å². The Morgan fingerprint density at radius 3 is 2.43 bits per heavy atom. The summed E-state index contributed by atoms with van der Waals surface area (Å²) in [6, 6.07) is 11.5. The van der Waals surface area contributed by atoms with E-state index >= 15 is 0 Å². The van der Waals surface area contributed by atoms with E-state index in [0.717, 1.165) is 6.26 Å². The zero-order valence-electron chi connectivity index (χ0n) is 12.4. The Balaban J connectivity index is 2.65. The summed E-state index contributed by atoms with van der Waals surface area (Å²) < 4.78 is 24.1. The van der Waals surface area contributed by atoms with Gasteiger partial charge in [0.05, 0.1) is 21.8 Å². The van der Waals surface area contributed by atoms with Crippen molar-refractivity contribution < 1.29 is 13.2 Å². The number of halogens is 1. The van der Waals surface area contributed by atoms with Gasteiger partial charge in [-0.05, 0) is 48.4 Å². The number of nitrogens with one attached hydrogen (secondary N) is 1. The van der Waals surface area contributed by atoms with Gasteiger partial charge in [-0.2, -0.15) is 5.26 Å². The topological polar surface area (TPSA) is 87.0 Å². The Labute approximate surface area is 139 Å². The fraction of sp³-hybridized carbons (Fsp3) is 0.125. The molecule has 7 heteroatoms. The zero-order chi connectivity index (χ0) is 17.2. The number of anilines is 2. The van der Waals surface area contributed by atoms with Crippen LogP contribution in [0.2, 0.25) is 0 Å². The van der Waals surface area contributed by atoms with Crippen molar-refractivity contribution in [2.24, 2.45) is 0 Å². The highest BCUT2D eigenvalue weighted by Gasteiger charge is 2.19. The van der Waals surface area contributed by atoms with E-state index in [1.807, 2.05) is 6.07 Å². The number of nitrogens with zero attached hydrogens (tertiary/aromatic N) is 1. The molecule has 0 heterocycles. The average molecular weight is 349 g/mol. The van der Waals surface area contributed by atoms with Crippen LogP contribution in [0.25, 0.3) is 0 Å². The first-order valence-corrected chi connectivity index (χ1v) is 8.81. The van der Waals surface area contributed by atoms with E-state index in [0.29, 0.717) is 16.8 Å². The second-order valence-electron chi connectivity index (χ2n) is 4.99. The molecule has 2 aromatic carbocycles. The van der Waals surface area contributed by atoms with Gasteiger partial charge in [-0.1, -0.05) is 12.1 Å². The third-order valence-corrected chi connectivity index (χ3v) is 4.59. The number of aryl methyl sites for hydroxylation is 1. The first kappa shape index (κ1) is 17.0. The lowest BCUT2D eigenvalue weighted by atomic mass is 10.1. The highest BCUT2D eigenvalue weighted by molar-refractivity contribution is 7.90. The molecule has 0 aliphatic rings. The van der Waals surface area contributed by atoms with Gasteiger partial charge in [0.1, 0.15) is 6.07 Å². The molecule has 118 valence electrons. The van der Waals surface area contributed by atoms with Gasteiger partial charge in [-0.25, -0.2) is 8.42 Å². The normalized spacial score (nSPS) is 10.9. The molecule has 0 aromatic heterocycles. The SMILES string of the molecule is Cc1cc(Nc2ccccc2C#N)c(S(C)(=O)=O)cc1C(=O)Cl. The molecule has 2 aromatic rings. The molecular formula is C16H13ClN2O3S. The number of nitriles is 1. The molecule has 0 saturated heterocycles. The number of sulfone groups is 1. The molecular weight excluding hydrogens is 336 g/mol. The van der Waals surface area contributed by atoms with E-state index in [9.17, 15) is 13.2 Å². The van der Waals surface area contributed by atoms with E-state index in [2.05, 4.69) is 5.32 Å². The summed E-state index contributed by atoms with van der Waals surface area (Å²) >= 11 is 5.49. The van der Waals surface area contributed by atoms with Crippen molar-refractivity contribution in [1.29, 1.82) is 5.26 Å². The average Bonchev–Trinajstić information content (AvgIpc) is 2.46. The molecule has 1 N–H and O–H groups in total. The molecule has 0 atom stereocenters. The standard InChI is InChI=1S/C16H13ClN2O3S/c1-10-7-14(19-13-6-4-3-5-11(13)9-18)15(23(2,21)22)8-12(10)16(17)20/h3-8,19H,1-2H3. The minimum absolute atomic E-state index is 0.0557. The van der Waals surface area contributed by atoms with Crippen molar-refractivity contribution in [3.05, 3.63) is 53.1 Å². The van der Waals surface area contributed by atoms with Crippen LogP contribution < -0.4 is 5.32 Å². The Hall–Kier alpha value is -2.36. The smallest absolute Gasteiger partial charge is 0.252 e. The van der Waals surface area contributed by atoms with E-state index in [1.54, 1.807) is 31.2 Å². The maximum atomic E-state index is 12.0. The second-order valence-corrected chi connectivity index (χ2v) is 7.32. The fourth-order valence-electron chi connectivity index (χ4n) is 2.14. The lowest BCUT2D eigenvalue weighted by Gasteiger charge is -2.14. The van der Waals surface area contributed by atoms with E-state index < -0.39 is 15.1 Å². The molecule has 2 rings (SSSR count). The fourth-order valence-corrected chi connectivity index (χ4v) is 3.18. The van der Waals surface area contributed by atoms with Crippen molar-refractivity contribution in [3.63, 3.8) is 0 Å². The summed E-state index contributed by atoms with van der Waals surface area (Å²) in [5.74, 6) is 0. The zero-order valence-corrected chi connectivity index (χ0v) is 14.0. The van der Waals surface area contributed by atoms with Crippen LogP contribution in [0.15, 0.2) is 41.3 Å². The molecule has 0 bridgehead atoms. The molecule has 0 amide bonds. The van der Waals surface area contributed by atoms with Crippen LogP contribution in [-0.2, 0) is 9.84 Å². The van der Waals surface area contributed by atoms with Crippen LogP contribution in [0.4, 0.5) is 11.4 Å². The summed E-state index contributed by atoms with van der Waals surface area (Å²) in [6.45, 7) is 1.66. The molecule has 0 saturated carbocycles. The molecule has 0 spiro atoms. The van der Waals surface area contributed by atoms with Crippen LogP contribution >= 0.6 is 11.6 Å². The van der Waals surface area contributed by atoms with E-state index in [4.69, 9.17) is 16.9 Å². The first-order chi connectivity index (χ1) is 10.7. The largest absolute Gasteiger partial charge is 0.353 e. The first-order valence-electron chi connectivity index (χ1n) is 6.54. The molecule has 0 unspecified atom stereocenters. The third-order valence-electron chi connectivity index (χ3n) is 3.25. The van der Waals surface area contributed by atoms with Crippen LogP contribution in [0, 0.1) is 18.3 Å². The third kappa shape index (κ3) is 3.70. The molecule has 0 aliphatic heterocycles. The molecule has 0 aliphatic carbocycles. The Morgan fingerprint density at radius 2 is 1.87 bits per heavy atom. The van der Waals surface area contributed by atoms with Crippen molar-refractivity contribution in [2.75, 3.05) is 11.6 Å². The van der Waals surface area contributed by atoms with Gasteiger partial charge in [0.15, 0.2) is 9.84 Å². The number of hydrogen-bond donors (Lipinski definition) is 1. The molecule has 23 heavy (non-hydrogen) atoms. The predicted molar refractivity (Wildman–Crippen MR) is 88.9 cm³/mol. The summed E-state index contributed by atoms with van der Waals surface area (Å²) in [7, 11) is -3.60. The van der Waals surface area contributed by atoms with Crippen molar-refractivity contribution in [2.45, 2.75) is 11.8 Å². The van der Waals surface area contributed by atoms with Crippen molar-refractivity contribution >= 4 is 38.1 Å². The molecule has 0 radical (unpaired) electrons. The Bertz CT molecular complexity index is 931. The van der Waals surface area contributed by atoms with E-state index in [1.165, 1.54) is 12.1 Å². The van der Waals surface area contributed by atoms with Crippen LogP contribution in [0.3, 0.4) is 0 Å². The summed E-state index contributed by atoms with van der Waals surface area (Å²) in [5, 5.41) is 11.4. The lowest BCUT2D eigenvalue weighted by Crippen LogP contribution is -2.07. The summed E-state index contributed by atoms with van der Waals surface area (Å²) in [6.07, 6.45) is 1.04. The molecule has 5 nitrogen and oxygen atoms in total. The van der Waals surface area contributed by atoms with Crippen molar-refractivity contribution in [1.82, 2.24) is 0 Å². The van der Waals surface area contributed by atoms with Gasteiger partial charge in [0, 0.05) is 11.8 Å². The number of hydrogen-bond acceptors (Lipinski definition) is 5. The Morgan fingerprint density at radius 1 is 1.22 bits per heavy atom. The molecule has 0 fully saturated rings. The van der Waals surface area contributed by atoms with Gasteiger partial charge < -0.3 is 5.32 Å². The number of carbonyl (C=O) groups excluding carboxylic acids is 1. The van der Waals surface area contributed by atoms with Gasteiger partial charge in [-0.15, -0.1) is 0 Å². The quantitative estimate of drug-likeness (QED) is 0.856. The minimum atomic E-state index is -3.60. The lowest BCUT2D eigenvalue weighted by molar-refractivity contribution is 0.108. The number of para-hydroxylation sites is 1. The summed E-state index contributed by atoms with van der Waals surface area (Å²) in [4.78, 5) is 11.4. The highest BCUT2D eigenvalue weighted by atomic mass is 35.5. The Kier molecular flexibility index (Phi) is 4.73. The maximum Gasteiger partial charge on any atom is 0.252 e. The minimum Gasteiger partial charge on any atom is -0.353 e. The van der Waals surface area contributed by atoms with Gasteiger partial charge in [0.2, 0.25) is 0 Å². The van der Waals surface area contributed by atoms with E-state index in [-0.39, 0.29) is 16.1 Å². The number of carbonyl (C=O) groups is 1. The maximum absolute atomic E-state index is 12.0. The van der Waals surface area contributed by atoms with Gasteiger partial charge in [0.25, 0.3) is 5.24 Å². The van der Waals surface area contributed by atoms with Crippen LogP contribution in [-0.4, -0.2) is 19.9 Å². The summed E-state index contributed by atoms with van der Waals surface area (Å²) in [5.41, 5.74) is 1.81. The van der Waals surface area contributed by atoms with Gasteiger partial charge in [-0.3, -0.25) is 4.79 Å². The van der Waals surface area contributed by atoms with Crippen LogP contribution in [0.5, 0.6) is 0 Å².